The number of halogens is 1. The molecule has 13 heteroatoms. The SMILES string of the molecule is CS(=O)(=O)c1cc(Cl)cc(C(=O)NCc2nc(N3CCOCC3)nn2-c2ccc(C#N)cn2)c1. The molecule has 0 bridgehead atoms. The summed E-state index contributed by atoms with van der Waals surface area (Å²) in [5, 5.41) is 16.4. The fraction of sp³-hybridized carbons (Fsp3) is 0.286. The lowest BCUT2D eigenvalue weighted by Crippen LogP contribution is -2.37. The summed E-state index contributed by atoms with van der Waals surface area (Å²) in [7, 11) is -3.54. The van der Waals surface area contributed by atoms with E-state index in [-0.39, 0.29) is 22.0 Å². The molecule has 1 N–H and O–H groups in total. The van der Waals surface area contributed by atoms with E-state index < -0.39 is 15.7 Å². The van der Waals surface area contributed by atoms with Gasteiger partial charge in [0, 0.05) is 36.1 Å². The standard InChI is InChI=1S/C21H20ClN7O4S/c1-34(31,32)17-9-15(8-16(22)10-17)20(30)25-13-19-26-21(28-4-6-33-7-5-28)27-29(19)18-3-2-14(11-23)12-24-18/h2-3,8-10,12H,4-7,13H2,1H3,(H,25,30). The molecule has 0 unspecified atom stereocenters. The van der Waals surface area contributed by atoms with Gasteiger partial charge in [0.1, 0.15) is 6.07 Å². The van der Waals surface area contributed by atoms with Gasteiger partial charge in [-0.3, -0.25) is 4.79 Å². The van der Waals surface area contributed by atoms with Crippen molar-refractivity contribution in [1.82, 2.24) is 25.1 Å². The molecule has 0 radical (unpaired) electrons. The number of nitriles is 1. The van der Waals surface area contributed by atoms with Crippen molar-refractivity contribution in [3.05, 3.63) is 58.5 Å². The molecular weight excluding hydrogens is 482 g/mol. The highest BCUT2D eigenvalue weighted by molar-refractivity contribution is 7.90. The highest BCUT2D eigenvalue weighted by Gasteiger charge is 2.21. The number of rotatable bonds is 6. The first-order valence-corrected chi connectivity index (χ1v) is 12.5. The quantitative estimate of drug-likeness (QED) is 0.529. The van der Waals surface area contributed by atoms with Crippen molar-refractivity contribution in [3.8, 4) is 11.9 Å². The summed E-state index contributed by atoms with van der Waals surface area (Å²) in [5.74, 6) is 0.762. The molecule has 1 aromatic carbocycles. The van der Waals surface area contributed by atoms with E-state index in [9.17, 15) is 13.2 Å². The third-order valence-corrected chi connectivity index (χ3v) is 6.33. The normalized spacial score (nSPS) is 14.0. The number of morpholine rings is 1. The topological polar surface area (TPSA) is 143 Å². The van der Waals surface area contributed by atoms with Crippen LogP contribution in [0.3, 0.4) is 0 Å². The van der Waals surface area contributed by atoms with E-state index in [1.54, 1.807) is 12.1 Å². The number of ether oxygens (including phenoxy) is 1. The number of pyridine rings is 1. The second-order valence-corrected chi connectivity index (χ2v) is 9.94. The van der Waals surface area contributed by atoms with Gasteiger partial charge < -0.3 is 15.0 Å². The highest BCUT2D eigenvalue weighted by atomic mass is 35.5. The third kappa shape index (κ3) is 5.33. The van der Waals surface area contributed by atoms with Crippen molar-refractivity contribution in [2.45, 2.75) is 11.4 Å². The van der Waals surface area contributed by atoms with E-state index in [1.165, 1.54) is 29.1 Å². The van der Waals surface area contributed by atoms with Crippen molar-refractivity contribution in [2.24, 2.45) is 0 Å². The van der Waals surface area contributed by atoms with Crippen LogP contribution >= 0.6 is 11.6 Å². The predicted molar refractivity (Wildman–Crippen MR) is 123 cm³/mol. The predicted octanol–water partition coefficient (Wildman–Crippen LogP) is 1.36. The van der Waals surface area contributed by atoms with Crippen LogP contribution in [-0.2, 0) is 21.1 Å². The molecule has 3 aromatic rings. The number of carbonyl (C=O) groups excluding carboxylic acids is 1. The number of hydrogen-bond acceptors (Lipinski definition) is 9. The second-order valence-electron chi connectivity index (χ2n) is 7.49. The van der Waals surface area contributed by atoms with Crippen molar-refractivity contribution in [1.29, 1.82) is 5.26 Å². The Bertz CT molecular complexity index is 1360. The third-order valence-electron chi connectivity index (χ3n) is 5.02. The zero-order valence-electron chi connectivity index (χ0n) is 18.1. The van der Waals surface area contributed by atoms with Crippen LogP contribution in [0.5, 0.6) is 0 Å². The molecule has 1 amide bonds. The van der Waals surface area contributed by atoms with Crippen molar-refractivity contribution >= 4 is 33.3 Å². The number of benzene rings is 1. The molecule has 11 nitrogen and oxygen atoms in total. The maximum atomic E-state index is 12.8. The van der Waals surface area contributed by atoms with Crippen LogP contribution in [0.1, 0.15) is 21.7 Å². The minimum Gasteiger partial charge on any atom is -0.378 e. The van der Waals surface area contributed by atoms with E-state index in [0.29, 0.717) is 49.5 Å². The molecule has 34 heavy (non-hydrogen) atoms. The Morgan fingerprint density at radius 1 is 1.26 bits per heavy atom. The molecule has 1 aliphatic heterocycles. The van der Waals surface area contributed by atoms with E-state index in [0.717, 1.165) is 6.26 Å². The Labute approximate surface area is 200 Å². The second kappa shape index (κ2) is 9.76. The van der Waals surface area contributed by atoms with E-state index >= 15 is 0 Å². The summed E-state index contributed by atoms with van der Waals surface area (Å²) in [6.07, 6.45) is 2.47. The molecule has 0 spiro atoms. The highest BCUT2D eigenvalue weighted by Crippen LogP contribution is 2.20. The first-order valence-electron chi connectivity index (χ1n) is 10.2. The zero-order chi connectivity index (χ0) is 24.3. The van der Waals surface area contributed by atoms with Crippen LogP contribution in [0.4, 0.5) is 5.95 Å². The number of nitrogens with zero attached hydrogens (tertiary/aromatic N) is 6. The number of sulfone groups is 1. The lowest BCUT2D eigenvalue weighted by atomic mass is 10.2. The summed E-state index contributed by atoms with van der Waals surface area (Å²) < 4.78 is 30.6. The largest absolute Gasteiger partial charge is 0.378 e. The number of nitrogens with one attached hydrogen (secondary N) is 1. The van der Waals surface area contributed by atoms with Gasteiger partial charge in [0.25, 0.3) is 5.91 Å². The number of anilines is 1. The maximum Gasteiger partial charge on any atom is 0.251 e. The van der Waals surface area contributed by atoms with Gasteiger partial charge in [-0.15, -0.1) is 5.10 Å². The van der Waals surface area contributed by atoms with Gasteiger partial charge in [0.05, 0.1) is 30.2 Å². The molecule has 0 aliphatic carbocycles. The molecule has 1 fully saturated rings. The van der Waals surface area contributed by atoms with Crippen LogP contribution in [-0.4, -0.2) is 66.6 Å². The van der Waals surface area contributed by atoms with Crippen LogP contribution in [0.25, 0.3) is 5.82 Å². The molecule has 3 heterocycles. The Kier molecular flexibility index (Phi) is 6.78. The molecule has 0 atom stereocenters. The lowest BCUT2D eigenvalue weighted by Gasteiger charge is -2.25. The number of amides is 1. The average molecular weight is 502 g/mol. The van der Waals surface area contributed by atoms with Crippen molar-refractivity contribution in [2.75, 3.05) is 37.5 Å². The molecule has 176 valence electrons. The van der Waals surface area contributed by atoms with E-state index in [1.807, 2.05) is 11.0 Å². The monoisotopic (exact) mass is 501 g/mol. The summed E-state index contributed by atoms with van der Waals surface area (Å²) >= 11 is 6.02. The van der Waals surface area contributed by atoms with Crippen molar-refractivity contribution in [3.63, 3.8) is 0 Å². The van der Waals surface area contributed by atoms with Crippen LogP contribution < -0.4 is 10.2 Å². The Morgan fingerprint density at radius 2 is 2.03 bits per heavy atom. The molecule has 2 aromatic heterocycles. The molecule has 1 aliphatic rings. The Hall–Kier alpha value is -3.53. The molecule has 0 saturated carbocycles. The van der Waals surface area contributed by atoms with Gasteiger partial charge in [-0.25, -0.2) is 13.4 Å². The molecule has 1 saturated heterocycles. The van der Waals surface area contributed by atoms with Gasteiger partial charge in [-0.05, 0) is 30.3 Å². The van der Waals surface area contributed by atoms with Gasteiger partial charge in [-0.1, -0.05) is 11.6 Å². The molecule has 4 rings (SSSR count). The van der Waals surface area contributed by atoms with Crippen LogP contribution in [0.15, 0.2) is 41.4 Å². The van der Waals surface area contributed by atoms with Gasteiger partial charge in [0.15, 0.2) is 21.5 Å². The number of hydrogen-bond donors (Lipinski definition) is 1. The van der Waals surface area contributed by atoms with Crippen LogP contribution in [0.2, 0.25) is 5.02 Å². The molecular formula is C21H20ClN7O4S. The zero-order valence-corrected chi connectivity index (χ0v) is 19.7. The smallest absolute Gasteiger partial charge is 0.251 e. The fourth-order valence-electron chi connectivity index (χ4n) is 3.27. The van der Waals surface area contributed by atoms with Crippen molar-refractivity contribution < 1.29 is 17.9 Å². The lowest BCUT2D eigenvalue weighted by molar-refractivity contribution is 0.0949. The summed E-state index contributed by atoms with van der Waals surface area (Å²) in [5.41, 5.74) is 0.499. The first kappa shape index (κ1) is 23.6. The van der Waals surface area contributed by atoms with Gasteiger partial charge >= 0.3 is 0 Å². The average Bonchev–Trinajstić information content (AvgIpc) is 3.26. The minimum atomic E-state index is -3.54. The van der Waals surface area contributed by atoms with E-state index in [4.69, 9.17) is 21.6 Å². The van der Waals surface area contributed by atoms with E-state index in [2.05, 4.69) is 20.4 Å². The summed E-state index contributed by atoms with van der Waals surface area (Å²) in [6, 6.07) is 9.20. The van der Waals surface area contributed by atoms with Gasteiger partial charge in [0.2, 0.25) is 5.95 Å². The summed E-state index contributed by atoms with van der Waals surface area (Å²) in [6.45, 7) is 2.32. The Balaban J connectivity index is 1.61. The Morgan fingerprint density at radius 3 is 2.68 bits per heavy atom. The first-order chi connectivity index (χ1) is 16.2. The maximum absolute atomic E-state index is 12.8. The fourth-order valence-corrected chi connectivity index (χ4v) is 4.26. The number of carbonyl (C=O) groups is 1. The summed E-state index contributed by atoms with van der Waals surface area (Å²) in [4.78, 5) is 23.5. The number of aromatic nitrogens is 4. The minimum absolute atomic E-state index is 0.0153. The van der Waals surface area contributed by atoms with Crippen LogP contribution in [0, 0.1) is 11.3 Å². The van der Waals surface area contributed by atoms with Gasteiger partial charge in [-0.2, -0.15) is 14.9 Å².